The van der Waals surface area contributed by atoms with Crippen molar-refractivity contribution in [2.75, 3.05) is 7.11 Å². The molecular formula is C52H43BN2O2. The van der Waals surface area contributed by atoms with Crippen LogP contribution in [-0.4, -0.2) is 29.2 Å². The Morgan fingerprint density at radius 1 is 0.561 bits per heavy atom. The smallest absolute Gasteiger partial charge is 0.252 e. The van der Waals surface area contributed by atoms with Crippen molar-refractivity contribution in [2.24, 2.45) is 0 Å². The molecule has 0 spiro atoms. The molecule has 0 amide bonds. The molecule has 0 aliphatic carbocycles. The van der Waals surface area contributed by atoms with Gasteiger partial charge in [0.15, 0.2) is 0 Å². The molecule has 11 rings (SSSR count). The highest BCUT2D eigenvalue weighted by atomic mass is 16.5. The van der Waals surface area contributed by atoms with E-state index in [0.29, 0.717) is 5.56 Å². The van der Waals surface area contributed by atoms with E-state index in [-0.39, 0.29) is 17.5 Å². The Labute approximate surface area is 333 Å². The maximum Gasteiger partial charge on any atom is 0.252 e. The Bertz CT molecular complexity index is 3190. The highest BCUT2D eigenvalue weighted by Gasteiger charge is 2.42. The number of carbonyl (C=O) groups excluding carboxylic acids is 1. The van der Waals surface area contributed by atoms with Crippen LogP contribution in [0.15, 0.2) is 127 Å². The van der Waals surface area contributed by atoms with Gasteiger partial charge in [0.1, 0.15) is 12.0 Å². The van der Waals surface area contributed by atoms with Gasteiger partial charge < -0.3 is 13.9 Å². The van der Waals surface area contributed by atoms with Crippen LogP contribution in [0, 0.1) is 0 Å². The van der Waals surface area contributed by atoms with E-state index in [4.69, 9.17) is 4.74 Å². The lowest BCUT2D eigenvalue weighted by Crippen LogP contribution is -2.59. The zero-order valence-electron chi connectivity index (χ0n) is 33.5. The second-order valence-electron chi connectivity index (χ2n) is 18.1. The minimum atomic E-state index is -0.0559. The number of benzene rings is 7. The summed E-state index contributed by atoms with van der Waals surface area (Å²) in [6, 6.07) is 47.2. The summed E-state index contributed by atoms with van der Waals surface area (Å²) in [7, 11) is 1.73. The first-order valence-corrected chi connectivity index (χ1v) is 20.0. The fourth-order valence-electron chi connectivity index (χ4n) is 9.85. The third-order valence-electron chi connectivity index (χ3n) is 12.8. The molecule has 0 bridgehead atoms. The number of aldehydes is 1. The fraction of sp³-hybridized carbons (Fsp3) is 0.173. The third kappa shape index (κ3) is 4.72. The first-order valence-electron chi connectivity index (χ1n) is 20.0. The van der Waals surface area contributed by atoms with Crippen molar-refractivity contribution in [3.05, 3.63) is 144 Å². The summed E-state index contributed by atoms with van der Waals surface area (Å²) in [5.74, 6) is 0.856. The Hall–Kier alpha value is -6.33. The van der Waals surface area contributed by atoms with E-state index in [0.717, 1.165) is 23.2 Å². The second kappa shape index (κ2) is 11.6. The zero-order chi connectivity index (χ0) is 39.1. The van der Waals surface area contributed by atoms with E-state index < -0.39 is 0 Å². The third-order valence-corrected chi connectivity index (χ3v) is 12.8. The summed E-state index contributed by atoms with van der Waals surface area (Å²) in [5, 5.41) is 5.12. The molecule has 7 aromatic carbocycles. The van der Waals surface area contributed by atoms with Gasteiger partial charge in [-0.1, -0.05) is 120 Å². The summed E-state index contributed by atoms with van der Waals surface area (Å²) in [4.78, 5) is 11.5. The van der Waals surface area contributed by atoms with E-state index >= 15 is 0 Å². The zero-order valence-corrected chi connectivity index (χ0v) is 33.5. The highest BCUT2D eigenvalue weighted by molar-refractivity contribution is 7.00. The monoisotopic (exact) mass is 738 g/mol. The fourth-order valence-corrected chi connectivity index (χ4v) is 9.85. The maximum atomic E-state index is 11.5. The molecule has 0 fully saturated rings. The van der Waals surface area contributed by atoms with Crippen molar-refractivity contribution >= 4 is 73.0 Å². The highest BCUT2D eigenvalue weighted by Crippen LogP contribution is 2.44. The Balaban J connectivity index is 1.28. The van der Waals surface area contributed by atoms with Gasteiger partial charge in [0.25, 0.3) is 6.71 Å². The number of rotatable bonds is 4. The summed E-state index contributed by atoms with van der Waals surface area (Å²) >= 11 is 0. The van der Waals surface area contributed by atoms with Crippen LogP contribution >= 0.6 is 0 Å². The van der Waals surface area contributed by atoms with E-state index in [1.807, 2.05) is 12.1 Å². The molecule has 57 heavy (non-hydrogen) atoms. The van der Waals surface area contributed by atoms with Crippen LogP contribution in [0.3, 0.4) is 0 Å². The first kappa shape index (κ1) is 34.0. The summed E-state index contributed by atoms with van der Waals surface area (Å²) < 4.78 is 10.7. The van der Waals surface area contributed by atoms with Crippen molar-refractivity contribution in [3.63, 3.8) is 0 Å². The number of fused-ring (bicyclic) bond motifs is 10. The number of carbonyl (C=O) groups is 1. The standard InChI is InChI=1S/C52H43BN2O2/c1-51(2,3)34-18-24-43-40(26-34)47-37(32-15-19-36(57-7)20-16-32)22-23-41-50(47)54(43)44-9-8-10-45-48(44)53(41)42-28-35(52(4,5)6)27-39-38-21-17-33(25-46(38)55(45)49(39)42)31-13-11-30(29-56)12-14-31/h8-29H,1-7H3. The largest absolute Gasteiger partial charge is 0.497 e. The molecule has 5 heteroatoms. The van der Waals surface area contributed by atoms with E-state index in [1.165, 1.54) is 93.6 Å². The predicted octanol–water partition coefficient (Wildman–Crippen LogP) is 10.8. The van der Waals surface area contributed by atoms with Gasteiger partial charge in [-0.05, 0) is 109 Å². The van der Waals surface area contributed by atoms with Crippen LogP contribution in [0.2, 0.25) is 0 Å². The number of hydrogen-bond acceptors (Lipinski definition) is 2. The molecule has 0 saturated heterocycles. The molecule has 2 aliphatic rings. The minimum absolute atomic E-state index is 0.00379. The van der Waals surface area contributed by atoms with Crippen LogP contribution in [-0.2, 0) is 10.8 Å². The number of hydrogen-bond donors (Lipinski definition) is 0. The van der Waals surface area contributed by atoms with Gasteiger partial charge in [0, 0.05) is 49.5 Å². The molecule has 0 N–H and O–H groups in total. The molecule has 4 nitrogen and oxygen atoms in total. The normalized spacial score (nSPS) is 13.2. The molecule has 0 saturated carbocycles. The lowest BCUT2D eigenvalue weighted by molar-refractivity contribution is 0.112. The molecule has 0 radical (unpaired) electrons. The van der Waals surface area contributed by atoms with E-state index in [2.05, 4.69) is 166 Å². The molecule has 276 valence electrons. The molecule has 0 atom stereocenters. The Morgan fingerprint density at radius 2 is 1.23 bits per heavy atom. The van der Waals surface area contributed by atoms with E-state index in [1.54, 1.807) is 7.11 Å². The van der Waals surface area contributed by atoms with Crippen molar-refractivity contribution in [1.82, 2.24) is 9.13 Å². The first-order chi connectivity index (χ1) is 27.4. The van der Waals surface area contributed by atoms with Gasteiger partial charge in [0.2, 0.25) is 0 Å². The van der Waals surface area contributed by atoms with Crippen molar-refractivity contribution in [3.8, 4) is 39.4 Å². The van der Waals surface area contributed by atoms with Gasteiger partial charge in [-0.25, -0.2) is 0 Å². The van der Waals surface area contributed by atoms with Crippen LogP contribution in [0.4, 0.5) is 0 Å². The molecule has 2 aromatic heterocycles. The van der Waals surface area contributed by atoms with Crippen LogP contribution in [0.5, 0.6) is 5.75 Å². The van der Waals surface area contributed by atoms with Crippen LogP contribution < -0.4 is 21.1 Å². The number of methoxy groups -OCH3 is 1. The number of aromatic nitrogens is 2. The van der Waals surface area contributed by atoms with Gasteiger partial charge in [-0.3, -0.25) is 4.79 Å². The Kier molecular flexibility index (Phi) is 6.92. The van der Waals surface area contributed by atoms with Crippen molar-refractivity contribution in [1.29, 1.82) is 0 Å². The quantitative estimate of drug-likeness (QED) is 0.133. The van der Waals surface area contributed by atoms with Gasteiger partial charge in [-0.2, -0.15) is 0 Å². The topological polar surface area (TPSA) is 36.2 Å². The van der Waals surface area contributed by atoms with Crippen LogP contribution in [0.1, 0.15) is 63.0 Å². The van der Waals surface area contributed by atoms with E-state index in [9.17, 15) is 4.79 Å². The molecule has 4 heterocycles. The maximum absolute atomic E-state index is 11.5. The van der Waals surface area contributed by atoms with Gasteiger partial charge in [-0.15, -0.1) is 0 Å². The van der Waals surface area contributed by atoms with Crippen molar-refractivity contribution in [2.45, 2.75) is 52.4 Å². The lowest BCUT2D eigenvalue weighted by atomic mass is 9.34. The van der Waals surface area contributed by atoms with Gasteiger partial charge in [0.05, 0.1) is 18.1 Å². The Morgan fingerprint density at radius 3 is 1.91 bits per heavy atom. The summed E-state index contributed by atoms with van der Waals surface area (Å²) in [6.45, 7) is 13.9. The van der Waals surface area contributed by atoms with Crippen molar-refractivity contribution < 1.29 is 9.53 Å². The van der Waals surface area contributed by atoms with Crippen LogP contribution in [0.25, 0.3) is 77.2 Å². The average Bonchev–Trinajstić information content (AvgIpc) is 3.74. The second-order valence-corrected chi connectivity index (χ2v) is 18.1. The molecule has 0 unspecified atom stereocenters. The summed E-state index contributed by atoms with van der Waals surface area (Å²) in [5.41, 5.74) is 19.4. The van der Waals surface area contributed by atoms with Gasteiger partial charge >= 0.3 is 0 Å². The number of ether oxygens (including phenoxy) is 1. The SMILES string of the molecule is COc1ccc(-c2ccc3c4c2c2cc(C(C)(C)C)ccc2n4-c2cccc4c2B3c2cc(C(C)(C)C)cc3c5ccc(-c6ccc(C=O)cc6)cc5n-4c23)cc1. The average molecular weight is 739 g/mol. The molecule has 2 aliphatic heterocycles. The minimum Gasteiger partial charge on any atom is -0.497 e. The molecule has 9 aromatic rings. The molecular weight excluding hydrogens is 695 g/mol. The predicted molar refractivity (Wildman–Crippen MR) is 240 cm³/mol. The summed E-state index contributed by atoms with van der Waals surface area (Å²) in [6.07, 6.45) is 0.906. The lowest BCUT2D eigenvalue weighted by Gasteiger charge is -2.34. The number of nitrogens with zero attached hydrogens (tertiary/aromatic N) is 2.